The fraction of sp³-hybridized carbons (Fsp3) is 0.455. The zero-order chi connectivity index (χ0) is 12.3. The predicted octanol–water partition coefficient (Wildman–Crippen LogP) is 2.69. The van der Waals surface area contributed by atoms with E-state index in [1.165, 1.54) is 11.3 Å². The average Bonchev–Trinajstić information content (AvgIpc) is 2.94. The summed E-state index contributed by atoms with van der Waals surface area (Å²) < 4.78 is 0. The number of nitrogens with zero attached hydrogens (tertiary/aromatic N) is 3. The quantitative estimate of drug-likeness (QED) is 0.906. The molecule has 0 fully saturated rings. The number of aromatic nitrogens is 2. The maximum Gasteiger partial charge on any atom is 0.180 e. The molecule has 0 saturated carbocycles. The summed E-state index contributed by atoms with van der Waals surface area (Å²) in [6, 6.07) is 0. The molecule has 0 unspecified atom stereocenters. The van der Waals surface area contributed by atoms with Crippen LogP contribution in [0.2, 0.25) is 0 Å². The van der Waals surface area contributed by atoms with E-state index < -0.39 is 0 Å². The fourth-order valence-electron chi connectivity index (χ4n) is 1.54. The monoisotopic (exact) mass is 268 g/mol. The van der Waals surface area contributed by atoms with Crippen LogP contribution >= 0.6 is 22.7 Å². The summed E-state index contributed by atoms with van der Waals surface area (Å²) in [6.07, 6.45) is 0. The van der Waals surface area contributed by atoms with Gasteiger partial charge < -0.3 is 5.73 Å². The van der Waals surface area contributed by atoms with Gasteiger partial charge in [0.1, 0.15) is 16.4 Å². The van der Waals surface area contributed by atoms with E-state index in [-0.39, 0.29) is 0 Å². The minimum Gasteiger partial charge on any atom is -0.375 e. The van der Waals surface area contributed by atoms with Crippen molar-refractivity contribution >= 4 is 27.8 Å². The van der Waals surface area contributed by atoms with Crippen molar-refractivity contribution in [2.45, 2.75) is 20.4 Å². The first-order chi connectivity index (χ1) is 8.22. The normalized spacial score (nSPS) is 11.2. The maximum atomic E-state index is 5.62. The van der Waals surface area contributed by atoms with Crippen molar-refractivity contribution in [1.29, 1.82) is 0 Å². The first-order valence-electron chi connectivity index (χ1n) is 5.61. The lowest BCUT2D eigenvalue weighted by Crippen LogP contribution is -2.21. The van der Waals surface area contributed by atoms with E-state index in [0.29, 0.717) is 5.13 Å². The predicted molar refractivity (Wildman–Crippen MR) is 74.3 cm³/mol. The summed E-state index contributed by atoms with van der Waals surface area (Å²) in [7, 11) is 0. The summed E-state index contributed by atoms with van der Waals surface area (Å²) in [5.74, 6) is 0. The second-order valence-electron chi connectivity index (χ2n) is 3.66. The van der Waals surface area contributed by atoms with E-state index in [1.807, 2.05) is 10.8 Å². The van der Waals surface area contributed by atoms with Gasteiger partial charge in [0.25, 0.3) is 0 Å². The van der Waals surface area contributed by atoms with Crippen LogP contribution in [0.1, 0.15) is 18.9 Å². The molecule has 0 radical (unpaired) electrons. The highest BCUT2D eigenvalue weighted by Crippen LogP contribution is 2.25. The van der Waals surface area contributed by atoms with Gasteiger partial charge in [-0.15, -0.1) is 22.7 Å². The summed E-state index contributed by atoms with van der Waals surface area (Å²) >= 11 is 3.14. The molecule has 2 aromatic heterocycles. The first kappa shape index (κ1) is 12.5. The molecule has 0 amide bonds. The van der Waals surface area contributed by atoms with Gasteiger partial charge >= 0.3 is 0 Å². The molecule has 4 nitrogen and oxygen atoms in total. The van der Waals surface area contributed by atoms with Crippen LogP contribution in [0.25, 0.3) is 11.4 Å². The van der Waals surface area contributed by atoms with Gasteiger partial charge in [-0.25, -0.2) is 9.97 Å². The first-order valence-corrected chi connectivity index (χ1v) is 7.37. The number of hydrogen-bond acceptors (Lipinski definition) is 6. The SMILES string of the molecule is CCN(CC)Cc1nc(-c2csc(N)n2)cs1. The van der Waals surface area contributed by atoms with Crippen LogP contribution in [0.15, 0.2) is 10.8 Å². The van der Waals surface area contributed by atoms with Gasteiger partial charge in [0.15, 0.2) is 5.13 Å². The van der Waals surface area contributed by atoms with Crippen molar-refractivity contribution in [3.8, 4) is 11.4 Å². The summed E-state index contributed by atoms with van der Waals surface area (Å²) in [6.45, 7) is 7.35. The van der Waals surface area contributed by atoms with Gasteiger partial charge in [0.05, 0.1) is 6.54 Å². The van der Waals surface area contributed by atoms with Crippen LogP contribution in [0.4, 0.5) is 5.13 Å². The summed E-state index contributed by atoms with van der Waals surface area (Å²) in [4.78, 5) is 11.2. The highest BCUT2D eigenvalue weighted by atomic mass is 32.1. The Morgan fingerprint density at radius 1 is 1.12 bits per heavy atom. The third-order valence-electron chi connectivity index (χ3n) is 2.59. The zero-order valence-corrected chi connectivity index (χ0v) is 11.6. The molecular formula is C11H16N4S2. The Morgan fingerprint density at radius 2 is 1.76 bits per heavy atom. The topological polar surface area (TPSA) is 55.0 Å². The van der Waals surface area contributed by atoms with E-state index in [4.69, 9.17) is 5.73 Å². The van der Waals surface area contributed by atoms with E-state index in [2.05, 4.69) is 28.7 Å². The number of anilines is 1. The number of thiazole rings is 2. The molecule has 0 aliphatic rings. The largest absolute Gasteiger partial charge is 0.375 e. The Morgan fingerprint density at radius 3 is 2.35 bits per heavy atom. The Bertz CT molecular complexity index is 473. The molecular weight excluding hydrogens is 252 g/mol. The molecule has 2 rings (SSSR count). The molecule has 92 valence electrons. The van der Waals surface area contributed by atoms with Gasteiger partial charge in [0.2, 0.25) is 0 Å². The van der Waals surface area contributed by atoms with Crippen molar-refractivity contribution in [1.82, 2.24) is 14.9 Å². The smallest absolute Gasteiger partial charge is 0.180 e. The lowest BCUT2D eigenvalue weighted by atomic mass is 10.4. The molecule has 0 spiro atoms. The lowest BCUT2D eigenvalue weighted by Gasteiger charge is -2.15. The minimum atomic E-state index is 0.596. The molecule has 0 aliphatic carbocycles. The molecule has 0 bridgehead atoms. The summed E-state index contributed by atoms with van der Waals surface area (Å²) in [5, 5.41) is 5.73. The van der Waals surface area contributed by atoms with Crippen molar-refractivity contribution in [3.63, 3.8) is 0 Å². The highest BCUT2D eigenvalue weighted by Gasteiger charge is 2.09. The standard InChI is InChI=1S/C11H16N4S2/c1-3-15(4-2)5-10-13-8(6-16-10)9-7-17-11(12)14-9/h6-7H,3-5H2,1-2H3,(H2,12,14). The van der Waals surface area contributed by atoms with Crippen LogP contribution < -0.4 is 5.73 Å². The van der Waals surface area contributed by atoms with Crippen LogP contribution in [0.5, 0.6) is 0 Å². The molecule has 0 aliphatic heterocycles. The number of rotatable bonds is 5. The lowest BCUT2D eigenvalue weighted by molar-refractivity contribution is 0.295. The van der Waals surface area contributed by atoms with E-state index in [9.17, 15) is 0 Å². The highest BCUT2D eigenvalue weighted by molar-refractivity contribution is 7.14. The second kappa shape index (κ2) is 5.57. The summed E-state index contributed by atoms with van der Waals surface area (Å²) in [5.41, 5.74) is 7.44. The van der Waals surface area contributed by atoms with E-state index >= 15 is 0 Å². The van der Waals surface area contributed by atoms with Crippen LogP contribution in [-0.2, 0) is 6.54 Å². The van der Waals surface area contributed by atoms with Crippen molar-refractivity contribution in [2.75, 3.05) is 18.8 Å². The molecule has 6 heteroatoms. The molecule has 2 heterocycles. The van der Waals surface area contributed by atoms with Gasteiger partial charge in [-0.3, -0.25) is 4.90 Å². The second-order valence-corrected chi connectivity index (χ2v) is 5.49. The van der Waals surface area contributed by atoms with Gasteiger partial charge in [-0.05, 0) is 13.1 Å². The molecule has 0 saturated heterocycles. The Labute approximate surface area is 109 Å². The average molecular weight is 268 g/mol. The molecule has 2 aromatic rings. The number of nitrogens with two attached hydrogens (primary N) is 1. The van der Waals surface area contributed by atoms with Crippen LogP contribution in [0, 0.1) is 0 Å². The van der Waals surface area contributed by atoms with Crippen molar-refractivity contribution in [3.05, 3.63) is 15.8 Å². The Hall–Kier alpha value is -0.980. The minimum absolute atomic E-state index is 0.596. The van der Waals surface area contributed by atoms with Gasteiger partial charge in [-0.2, -0.15) is 0 Å². The molecule has 0 atom stereocenters. The van der Waals surface area contributed by atoms with Gasteiger partial charge in [-0.1, -0.05) is 13.8 Å². The van der Waals surface area contributed by atoms with Crippen molar-refractivity contribution in [2.24, 2.45) is 0 Å². The Kier molecular flexibility index (Phi) is 4.09. The Balaban J connectivity index is 2.10. The van der Waals surface area contributed by atoms with Crippen LogP contribution in [-0.4, -0.2) is 28.0 Å². The molecule has 2 N–H and O–H groups in total. The van der Waals surface area contributed by atoms with Crippen molar-refractivity contribution < 1.29 is 0 Å². The van der Waals surface area contributed by atoms with E-state index in [1.54, 1.807) is 11.3 Å². The van der Waals surface area contributed by atoms with Gasteiger partial charge in [0, 0.05) is 10.8 Å². The third-order valence-corrected chi connectivity index (χ3v) is 4.10. The zero-order valence-electron chi connectivity index (χ0n) is 10.0. The number of nitrogen functional groups attached to an aromatic ring is 1. The fourth-order valence-corrected chi connectivity index (χ4v) is 2.93. The van der Waals surface area contributed by atoms with E-state index in [0.717, 1.165) is 36.0 Å². The van der Waals surface area contributed by atoms with Crippen LogP contribution in [0.3, 0.4) is 0 Å². The third kappa shape index (κ3) is 3.02. The number of hydrogen-bond donors (Lipinski definition) is 1. The maximum absolute atomic E-state index is 5.62. The molecule has 0 aromatic carbocycles. The molecule has 17 heavy (non-hydrogen) atoms.